The van der Waals surface area contributed by atoms with Crippen LogP contribution in [0.1, 0.15) is 26.9 Å². The van der Waals surface area contributed by atoms with Gasteiger partial charge in [0.2, 0.25) is 0 Å². The zero-order chi connectivity index (χ0) is 27.1. The largest absolute Gasteiger partial charge is 0.504 e. The summed E-state index contributed by atoms with van der Waals surface area (Å²) in [5.74, 6) is -6.19. The van der Waals surface area contributed by atoms with E-state index in [9.17, 15) is 42.9 Å². The second-order valence-electron chi connectivity index (χ2n) is 7.73. The number of ketones is 2. The van der Waals surface area contributed by atoms with Crippen LogP contribution < -0.4 is 11.1 Å². The number of aromatic hydroxyl groups is 2. The number of aromatic nitrogens is 4. The summed E-state index contributed by atoms with van der Waals surface area (Å²) >= 11 is 0. The number of nitrogens with two attached hydrogens (primary N) is 1. The van der Waals surface area contributed by atoms with Gasteiger partial charge in [0.25, 0.3) is 11.7 Å². The number of carbonyl (C=O) groups excluding carboxylic acids is 3. The summed E-state index contributed by atoms with van der Waals surface area (Å²) in [7, 11) is 0. The molecule has 4 rings (SSSR count). The molecule has 194 valence electrons. The summed E-state index contributed by atoms with van der Waals surface area (Å²) in [5.41, 5.74) is 4.35. The number of amides is 1. The van der Waals surface area contributed by atoms with Crippen LogP contribution in [0, 0.1) is 0 Å². The number of rotatable bonds is 6. The maximum absolute atomic E-state index is 12.7. The number of phenolic OH excluding ortho intramolecular Hbond substituents is 2. The summed E-state index contributed by atoms with van der Waals surface area (Å²) in [6.45, 7) is -0.303. The zero-order valence-corrected chi connectivity index (χ0v) is 18.4. The van der Waals surface area contributed by atoms with E-state index in [4.69, 9.17) is 10.5 Å². The van der Waals surface area contributed by atoms with E-state index in [1.807, 2.05) is 0 Å². The van der Waals surface area contributed by atoms with Gasteiger partial charge in [-0.2, -0.15) is 13.2 Å². The standard InChI is InChI=1S/C21H17F3N6O7/c22-21(23,24)16(35)8-4-9(13(32)10(31)5-8)19(36)26-3-1-2-11-14(33)15(34)20(37-11)30-7-29-12-17(25)27-6-28-18(12)30/h1-2,4-7,11,15,20,31-32,34H,3H2,(H,26,36)(H2,25,27,28)/b2-1+/t11-,15?,20-/m1/s1. The molecule has 0 radical (unpaired) electrons. The highest BCUT2D eigenvalue weighted by Crippen LogP contribution is 2.33. The fraction of sp³-hybridized carbons (Fsp3) is 0.238. The fourth-order valence-electron chi connectivity index (χ4n) is 3.54. The first kappa shape index (κ1) is 25.5. The Bertz CT molecular complexity index is 1440. The highest BCUT2D eigenvalue weighted by molar-refractivity contribution is 6.05. The number of Topliss-reactive ketones (excluding diaryl/α,β-unsaturated/α-hetero) is 2. The lowest BCUT2D eigenvalue weighted by Gasteiger charge is -2.14. The number of halogens is 3. The Hall–Kier alpha value is -4.57. The SMILES string of the molecule is Nc1ncnc2c1ncn2[C@@H]1O[C@H](/C=C/CNC(=O)c2cc(C(=O)C(F)(F)F)cc(O)c2O)C(=O)C1O. The Morgan fingerprint density at radius 3 is 2.65 bits per heavy atom. The smallest absolute Gasteiger partial charge is 0.454 e. The Labute approximate surface area is 204 Å². The Kier molecular flexibility index (Phi) is 6.53. The van der Waals surface area contributed by atoms with Crippen LogP contribution >= 0.6 is 0 Å². The summed E-state index contributed by atoms with van der Waals surface area (Å²) in [6, 6.07) is 0.872. The molecule has 1 aromatic carbocycles. The minimum atomic E-state index is -5.27. The number of benzene rings is 1. The monoisotopic (exact) mass is 522 g/mol. The van der Waals surface area contributed by atoms with Crippen LogP contribution in [0.2, 0.25) is 0 Å². The number of aliphatic hydroxyl groups excluding tert-OH is 1. The van der Waals surface area contributed by atoms with Crippen LogP contribution in [0.3, 0.4) is 0 Å². The molecule has 1 aliphatic rings. The molecule has 37 heavy (non-hydrogen) atoms. The number of hydrogen-bond donors (Lipinski definition) is 5. The molecule has 0 aliphatic carbocycles. The van der Waals surface area contributed by atoms with Crippen molar-refractivity contribution in [2.45, 2.75) is 24.6 Å². The van der Waals surface area contributed by atoms with E-state index in [0.717, 1.165) is 0 Å². The van der Waals surface area contributed by atoms with E-state index in [2.05, 4.69) is 20.3 Å². The normalized spacial score (nSPS) is 20.1. The van der Waals surface area contributed by atoms with Crippen molar-refractivity contribution in [1.82, 2.24) is 24.8 Å². The molecule has 13 nitrogen and oxygen atoms in total. The molecule has 3 atom stereocenters. The number of nitrogens with zero attached hydrogens (tertiary/aromatic N) is 4. The average Bonchev–Trinajstić information content (AvgIpc) is 3.39. The predicted octanol–water partition coefficient (Wildman–Crippen LogP) is 0.378. The number of anilines is 1. The molecule has 1 aliphatic heterocycles. The lowest BCUT2D eigenvalue weighted by Crippen LogP contribution is -2.27. The third kappa shape index (κ3) is 4.78. The van der Waals surface area contributed by atoms with E-state index in [1.165, 1.54) is 29.4 Å². The first-order valence-corrected chi connectivity index (χ1v) is 10.3. The van der Waals surface area contributed by atoms with Crippen molar-refractivity contribution in [3.63, 3.8) is 0 Å². The number of fused-ring (bicyclic) bond motifs is 1. The van der Waals surface area contributed by atoms with Gasteiger partial charge in [0, 0.05) is 12.1 Å². The molecule has 2 aromatic heterocycles. The van der Waals surface area contributed by atoms with Gasteiger partial charge in [-0.3, -0.25) is 19.0 Å². The van der Waals surface area contributed by atoms with Gasteiger partial charge < -0.3 is 31.1 Å². The van der Waals surface area contributed by atoms with E-state index in [-0.39, 0.29) is 23.5 Å². The molecule has 1 saturated heterocycles. The van der Waals surface area contributed by atoms with Gasteiger partial charge in [0.05, 0.1) is 11.9 Å². The Morgan fingerprint density at radius 2 is 1.95 bits per heavy atom. The number of alkyl halides is 3. The van der Waals surface area contributed by atoms with Crippen molar-refractivity contribution in [2.24, 2.45) is 0 Å². The first-order chi connectivity index (χ1) is 17.4. The van der Waals surface area contributed by atoms with Crippen molar-refractivity contribution < 1.29 is 47.6 Å². The maximum atomic E-state index is 12.7. The molecular weight excluding hydrogens is 505 g/mol. The van der Waals surface area contributed by atoms with Crippen LogP contribution in [0.15, 0.2) is 36.9 Å². The van der Waals surface area contributed by atoms with Gasteiger partial charge in [-0.25, -0.2) is 15.0 Å². The average molecular weight is 522 g/mol. The van der Waals surface area contributed by atoms with Gasteiger partial charge in [0.15, 0.2) is 41.1 Å². The molecular formula is C21H17F3N6O7. The quantitative estimate of drug-likeness (QED) is 0.170. The summed E-state index contributed by atoms with van der Waals surface area (Å²) in [6.07, 6.45) is -4.37. The molecule has 0 spiro atoms. The van der Waals surface area contributed by atoms with Gasteiger partial charge in [-0.05, 0) is 12.1 Å². The van der Waals surface area contributed by atoms with Crippen LogP contribution in [0.4, 0.5) is 19.0 Å². The number of aliphatic hydroxyl groups is 1. The zero-order valence-electron chi connectivity index (χ0n) is 18.4. The topological polar surface area (TPSA) is 203 Å². The van der Waals surface area contributed by atoms with Crippen LogP contribution in [-0.4, -0.2) is 77.2 Å². The van der Waals surface area contributed by atoms with Crippen LogP contribution in [0.5, 0.6) is 11.5 Å². The third-order valence-corrected chi connectivity index (χ3v) is 5.33. The number of nitrogen functional groups attached to an aromatic ring is 1. The number of nitrogens with one attached hydrogen (secondary N) is 1. The highest BCUT2D eigenvalue weighted by atomic mass is 19.4. The predicted molar refractivity (Wildman–Crippen MR) is 116 cm³/mol. The molecule has 0 saturated carbocycles. The molecule has 16 heteroatoms. The fourth-order valence-corrected chi connectivity index (χ4v) is 3.54. The van der Waals surface area contributed by atoms with Crippen molar-refractivity contribution in [2.75, 3.05) is 12.3 Å². The van der Waals surface area contributed by atoms with Gasteiger partial charge in [-0.15, -0.1) is 0 Å². The van der Waals surface area contributed by atoms with Crippen molar-refractivity contribution >= 4 is 34.5 Å². The van der Waals surface area contributed by atoms with Crippen molar-refractivity contribution in [1.29, 1.82) is 0 Å². The lowest BCUT2D eigenvalue weighted by molar-refractivity contribution is -0.125. The summed E-state index contributed by atoms with van der Waals surface area (Å²) in [4.78, 5) is 48.0. The van der Waals surface area contributed by atoms with E-state index in [0.29, 0.717) is 12.1 Å². The molecule has 1 fully saturated rings. The van der Waals surface area contributed by atoms with Gasteiger partial charge >= 0.3 is 6.18 Å². The second-order valence-corrected chi connectivity index (χ2v) is 7.73. The minimum absolute atomic E-state index is 0.0856. The van der Waals surface area contributed by atoms with Gasteiger partial charge in [0.1, 0.15) is 17.9 Å². The molecule has 3 aromatic rings. The van der Waals surface area contributed by atoms with Crippen LogP contribution in [-0.2, 0) is 9.53 Å². The Balaban J connectivity index is 1.43. The van der Waals surface area contributed by atoms with Gasteiger partial charge in [-0.1, -0.05) is 12.2 Å². The number of ether oxygens (including phenoxy) is 1. The molecule has 1 amide bonds. The number of hydrogen-bond acceptors (Lipinski definition) is 11. The summed E-state index contributed by atoms with van der Waals surface area (Å²) in [5, 5.41) is 32.1. The minimum Gasteiger partial charge on any atom is -0.504 e. The second kappa shape index (κ2) is 9.47. The van der Waals surface area contributed by atoms with Crippen molar-refractivity contribution in [3.8, 4) is 11.5 Å². The third-order valence-electron chi connectivity index (χ3n) is 5.33. The summed E-state index contributed by atoms with van der Waals surface area (Å²) < 4.78 is 45.0. The maximum Gasteiger partial charge on any atom is 0.454 e. The molecule has 6 N–H and O–H groups in total. The lowest BCUT2D eigenvalue weighted by atomic mass is 10.0. The number of carbonyl (C=O) groups is 3. The van der Waals surface area contributed by atoms with Crippen molar-refractivity contribution in [3.05, 3.63) is 48.1 Å². The number of phenols is 2. The molecule has 3 heterocycles. The van der Waals surface area contributed by atoms with Crippen LogP contribution in [0.25, 0.3) is 11.2 Å². The van der Waals surface area contributed by atoms with E-state index >= 15 is 0 Å². The van der Waals surface area contributed by atoms with E-state index in [1.54, 1.807) is 0 Å². The first-order valence-electron chi connectivity index (χ1n) is 10.3. The number of imidazole rings is 1. The Morgan fingerprint density at radius 1 is 1.22 bits per heavy atom. The highest BCUT2D eigenvalue weighted by Gasteiger charge is 2.43. The molecule has 0 bridgehead atoms. The van der Waals surface area contributed by atoms with E-state index < -0.39 is 64.7 Å². The molecule has 1 unspecified atom stereocenters.